The molecule has 18 heavy (non-hydrogen) atoms. The van der Waals surface area contributed by atoms with Gasteiger partial charge in [-0.25, -0.2) is 4.98 Å². The molecular weight excluding hydrogens is 232 g/mol. The van der Waals surface area contributed by atoms with Crippen LogP contribution < -0.4 is 10.1 Å². The summed E-state index contributed by atoms with van der Waals surface area (Å²) in [7, 11) is 3.52. The second-order valence-corrected chi connectivity index (χ2v) is 3.93. The Morgan fingerprint density at radius 3 is 2.83 bits per heavy atom. The highest BCUT2D eigenvalue weighted by atomic mass is 16.5. The lowest BCUT2D eigenvalue weighted by atomic mass is 10.1. The zero-order valence-electron chi connectivity index (χ0n) is 11.1. The molecule has 2 heterocycles. The van der Waals surface area contributed by atoms with Gasteiger partial charge in [-0.3, -0.25) is 4.68 Å². The predicted octanol–water partition coefficient (Wildman–Crippen LogP) is 1.52. The fraction of sp³-hybridized carbons (Fsp3) is 0.500. The number of hydrogen-bond donors (Lipinski definition) is 1. The van der Waals surface area contributed by atoms with Gasteiger partial charge in [0.15, 0.2) is 11.6 Å². The van der Waals surface area contributed by atoms with E-state index < -0.39 is 0 Å². The van der Waals surface area contributed by atoms with Crippen molar-refractivity contribution in [3.05, 3.63) is 29.7 Å². The Bertz CT molecular complexity index is 496. The van der Waals surface area contributed by atoms with Gasteiger partial charge in [-0.2, -0.15) is 5.10 Å². The summed E-state index contributed by atoms with van der Waals surface area (Å²) < 4.78 is 12.5. The molecule has 0 aliphatic carbocycles. The molecule has 2 rings (SSSR count). The van der Waals surface area contributed by atoms with E-state index in [0.717, 1.165) is 23.7 Å². The summed E-state index contributed by atoms with van der Waals surface area (Å²) in [4.78, 5) is 4.36. The van der Waals surface area contributed by atoms with Gasteiger partial charge in [0, 0.05) is 13.5 Å². The highest BCUT2D eigenvalue weighted by Crippen LogP contribution is 2.29. The third-order valence-electron chi connectivity index (χ3n) is 2.86. The second-order valence-electron chi connectivity index (χ2n) is 3.93. The quantitative estimate of drug-likeness (QED) is 0.871. The Balaban J connectivity index is 2.46. The van der Waals surface area contributed by atoms with Crippen molar-refractivity contribution in [2.24, 2.45) is 0 Å². The summed E-state index contributed by atoms with van der Waals surface area (Å²) in [5.74, 6) is 1.39. The molecular formula is C12H18N4O2. The summed E-state index contributed by atoms with van der Waals surface area (Å²) in [5.41, 5.74) is 1.78. The van der Waals surface area contributed by atoms with E-state index in [9.17, 15) is 0 Å². The largest absolute Gasteiger partial charge is 0.493 e. The number of hydrogen-bond acceptors (Lipinski definition) is 5. The van der Waals surface area contributed by atoms with Gasteiger partial charge in [0.1, 0.15) is 17.7 Å². The van der Waals surface area contributed by atoms with Crippen LogP contribution >= 0.6 is 0 Å². The number of nitrogens with one attached hydrogen (secondary N) is 1. The lowest BCUT2D eigenvalue weighted by molar-refractivity contribution is 0.400. The van der Waals surface area contributed by atoms with Gasteiger partial charge in [-0.15, -0.1) is 0 Å². The van der Waals surface area contributed by atoms with Crippen molar-refractivity contribution >= 4 is 0 Å². The minimum atomic E-state index is -0.0974. The van der Waals surface area contributed by atoms with Gasteiger partial charge >= 0.3 is 0 Å². The van der Waals surface area contributed by atoms with Gasteiger partial charge in [0.05, 0.1) is 19.3 Å². The molecule has 0 saturated carbocycles. The van der Waals surface area contributed by atoms with E-state index in [4.69, 9.17) is 9.15 Å². The average molecular weight is 250 g/mol. The number of ether oxygens (including phenoxy) is 1. The Kier molecular flexibility index (Phi) is 3.66. The molecule has 0 aliphatic rings. The molecule has 0 saturated heterocycles. The minimum absolute atomic E-state index is 0.0974. The summed E-state index contributed by atoms with van der Waals surface area (Å²) in [6, 6.07) is -0.0974. The van der Waals surface area contributed by atoms with Crippen molar-refractivity contribution in [3.8, 4) is 5.75 Å². The van der Waals surface area contributed by atoms with Crippen LogP contribution in [0.25, 0.3) is 0 Å². The van der Waals surface area contributed by atoms with Gasteiger partial charge in [-0.05, 0) is 14.0 Å². The lowest BCUT2D eigenvalue weighted by Gasteiger charge is -2.16. The first-order valence-corrected chi connectivity index (χ1v) is 5.90. The monoisotopic (exact) mass is 250 g/mol. The van der Waals surface area contributed by atoms with Crippen molar-refractivity contribution in [1.29, 1.82) is 0 Å². The number of aromatic nitrogens is 3. The molecule has 6 heteroatoms. The van der Waals surface area contributed by atoms with Crippen LogP contribution in [-0.4, -0.2) is 28.9 Å². The highest BCUT2D eigenvalue weighted by Gasteiger charge is 2.24. The maximum Gasteiger partial charge on any atom is 0.191 e. The van der Waals surface area contributed by atoms with E-state index >= 15 is 0 Å². The first kappa shape index (κ1) is 12.6. The molecule has 0 amide bonds. The van der Waals surface area contributed by atoms with Crippen LogP contribution in [0.5, 0.6) is 5.75 Å². The third kappa shape index (κ3) is 2.11. The van der Waals surface area contributed by atoms with Crippen molar-refractivity contribution in [2.45, 2.75) is 26.4 Å². The Labute approximate surface area is 106 Å². The number of rotatable bonds is 5. The zero-order chi connectivity index (χ0) is 13.1. The third-order valence-corrected chi connectivity index (χ3v) is 2.86. The molecule has 0 fully saturated rings. The van der Waals surface area contributed by atoms with E-state index in [1.54, 1.807) is 19.6 Å². The molecule has 1 unspecified atom stereocenters. The molecule has 6 nitrogen and oxygen atoms in total. The first-order chi connectivity index (χ1) is 8.71. The zero-order valence-corrected chi connectivity index (χ0v) is 11.1. The van der Waals surface area contributed by atoms with E-state index in [2.05, 4.69) is 15.4 Å². The minimum Gasteiger partial charge on any atom is -0.493 e. The molecule has 1 N–H and O–H groups in total. The molecule has 0 aliphatic heterocycles. The summed E-state index contributed by atoms with van der Waals surface area (Å²) in [6.07, 6.45) is 3.37. The topological polar surface area (TPSA) is 65.1 Å². The standard InChI is InChI=1S/C12H18N4O2/c1-5-16-12(10(17-4)6-14-16)11(13-3)9-7-18-8(2)15-9/h6-7,11,13H,5H2,1-4H3. The first-order valence-electron chi connectivity index (χ1n) is 5.90. The fourth-order valence-electron chi connectivity index (χ4n) is 2.02. The highest BCUT2D eigenvalue weighted by molar-refractivity contribution is 5.33. The average Bonchev–Trinajstić information content (AvgIpc) is 2.97. The molecule has 98 valence electrons. The van der Waals surface area contributed by atoms with Crippen molar-refractivity contribution in [2.75, 3.05) is 14.2 Å². The molecule has 0 aromatic carbocycles. The van der Waals surface area contributed by atoms with Crippen molar-refractivity contribution in [1.82, 2.24) is 20.1 Å². The number of nitrogens with zero attached hydrogens (tertiary/aromatic N) is 3. The maximum absolute atomic E-state index is 5.36. The van der Waals surface area contributed by atoms with E-state index in [0.29, 0.717) is 5.89 Å². The van der Waals surface area contributed by atoms with Crippen LogP contribution in [0.3, 0.4) is 0 Å². The van der Waals surface area contributed by atoms with Gasteiger partial charge in [-0.1, -0.05) is 0 Å². The molecule has 0 radical (unpaired) electrons. The Morgan fingerprint density at radius 2 is 2.33 bits per heavy atom. The predicted molar refractivity (Wildman–Crippen MR) is 66.6 cm³/mol. The smallest absolute Gasteiger partial charge is 0.191 e. The fourth-order valence-corrected chi connectivity index (χ4v) is 2.02. The van der Waals surface area contributed by atoms with Crippen molar-refractivity contribution in [3.63, 3.8) is 0 Å². The molecule has 0 spiro atoms. The van der Waals surface area contributed by atoms with Crippen LogP contribution in [0, 0.1) is 6.92 Å². The number of oxazole rings is 1. The lowest BCUT2D eigenvalue weighted by Crippen LogP contribution is -2.22. The Hall–Kier alpha value is -1.82. The SMILES string of the molecule is CCn1ncc(OC)c1C(NC)c1coc(C)n1. The van der Waals surface area contributed by atoms with E-state index in [-0.39, 0.29) is 6.04 Å². The summed E-state index contributed by atoms with van der Waals surface area (Å²) in [6.45, 7) is 4.63. The molecule has 0 bridgehead atoms. The van der Waals surface area contributed by atoms with E-state index in [1.165, 1.54) is 0 Å². The summed E-state index contributed by atoms with van der Waals surface area (Å²) in [5, 5.41) is 7.52. The number of aryl methyl sites for hydroxylation is 2. The van der Waals surface area contributed by atoms with Crippen LogP contribution in [0.2, 0.25) is 0 Å². The van der Waals surface area contributed by atoms with Crippen LogP contribution in [0.15, 0.2) is 16.9 Å². The van der Waals surface area contributed by atoms with Crippen LogP contribution in [0.4, 0.5) is 0 Å². The second kappa shape index (κ2) is 5.22. The number of methoxy groups -OCH3 is 1. The van der Waals surface area contributed by atoms with E-state index in [1.807, 2.05) is 25.6 Å². The van der Waals surface area contributed by atoms with Crippen molar-refractivity contribution < 1.29 is 9.15 Å². The molecule has 1 atom stereocenters. The maximum atomic E-state index is 5.36. The van der Waals surface area contributed by atoms with Crippen LogP contribution in [0.1, 0.15) is 30.2 Å². The van der Waals surface area contributed by atoms with Gasteiger partial charge in [0.25, 0.3) is 0 Å². The van der Waals surface area contributed by atoms with Gasteiger partial charge in [0.2, 0.25) is 0 Å². The summed E-state index contributed by atoms with van der Waals surface area (Å²) >= 11 is 0. The van der Waals surface area contributed by atoms with Gasteiger partial charge < -0.3 is 14.5 Å². The molecule has 2 aromatic heterocycles. The Morgan fingerprint density at radius 1 is 1.56 bits per heavy atom. The van der Waals surface area contributed by atoms with Crippen LogP contribution in [-0.2, 0) is 6.54 Å². The normalized spacial score (nSPS) is 12.7. The molecule has 2 aromatic rings.